The molecule has 2 aliphatic rings. The predicted octanol–water partition coefficient (Wildman–Crippen LogP) is -0.512. The van der Waals surface area contributed by atoms with Crippen molar-refractivity contribution in [2.75, 3.05) is 19.7 Å². The van der Waals surface area contributed by atoms with Crippen molar-refractivity contribution in [3.63, 3.8) is 0 Å². The molecule has 0 aromatic heterocycles. The van der Waals surface area contributed by atoms with Crippen LogP contribution in [0, 0.1) is 0 Å². The van der Waals surface area contributed by atoms with E-state index < -0.39 is 17.6 Å². The van der Waals surface area contributed by atoms with Crippen molar-refractivity contribution in [3.8, 4) is 0 Å². The second-order valence-corrected chi connectivity index (χ2v) is 4.76. The molecule has 6 nitrogen and oxygen atoms in total. The molecule has 0 bridgehead atoms. The topological polar surface area (TPSA) is 87.7 Å². The van der Waals surface area contributed by atoms with E-state index in [0.29, 0.717) is 13.2 Å². The molecule has 1 amide bonds. The summed E-state index contributed by atoms with van der Waals surface area (Å²) < 4.78 is 5.34. The average molecular weight is 242 g/mol. The van der Waals surface area contributed by atoms with Gasteiger partial charge in [0.25, 0.3) is 5.91 Å². The molecule has 1 aliphatic heterocycles. The number of aliphatic carboxylic acids is 1. The number of carbonyl (C=O) groups is 2. The fraction of sp³-hybridized carbons (Fsp3) is 0.818. The number of rotatable bonds is 4. The number of hydrogen-bond donors (Lipinski definition) is 3. The summed E-state index contributed by atoms with van der Waals surface area (Å²) in [5, 5.41) is 14.8. The zero-order valence-electron chi connectivity index (χ0n) is 9.70. The highest BCUT2D eigenvalue weighted by Crippen LogP contribution is 2.35. The van der Waals surface area contributed by atoms with Crippen LogP contribution < -0.4 is 10.6 Å². The Kier molecular flexibility index (Phi) is 3.63. The average Bonchev–Trinajstić information content (AvgIpc) is 2.26. The Morgan fingerprint density at radius 1 is 1.47 bits per heavy atom. The monoisotopic (exact) mass is 242 g/mol. The highest BCUT2D eigenvalue weighted by Gasteiger charge is 2.41. The summed E-state index contributed by atoms with van der Waals surface area (Å²) in [6, 6.07) is 0. The molecule has 1 saturated heterocycles. The summed E-state index contributed by atoms with van der Waals surface area (Å²) >= 11 is 0. The first-order valence-electron chi connectivity index (χ1n) is 5.97. The molecule has 6 heteroatoms. The molecule has 0 aromatic rings. The molecule has 96 valence electrons. The predicted molar refractivity (Wildman–Crippen MR) is 59.6 cm³/mol. The van der Waals surface area contributed by atoms with Crippen LogP contribution in [0.1, 0.15) is 25.7 Å². The third kappa shape index (κ3) is 2.95. The molecule has 1 heterocycles. The van der Waals surface area contributed by atoms with E-state index in [9.17, 15) is 9.59 Å². The Morgan fingerprint density at radius 2 is 2.24 bits per heavy atom. The van der Waals surface area contributed by atoms with Gasteiger partial charge in [0.05, 0.1) is 18.6 Å². The smallest absolute Gasteiger partial charge is 0.305 e. The molecule has 2 fully saturated rings. The Bertz CT molecular complexity index is 309. The fourth-order valence-corrected chi connectivity index (χ4v) is 2.31. The van der Waals surface area contributed by atoms with Crippen LogP contribution >= 0.6 is 0 Å². The van der Waals surface area contributed by atoms with Gasteiger partial charge in [0, 0.05) is 13.1 Å². The van der Waals surface area contributed by atoms with Crippen LogP contribution in [0.25, 0.3) is 0 Å². The van der Waals surface area contributed by atoms with Crippen molar-refractivity contribution in [3.05, 3.63) is 0 Å². The second-order valence-electron chi connectivity index (χ2n) is 4.76. The number of amides is 1. The quantitative estimate of drug-likeness (QED) is 0.618. The zero-order chi connectivity index (χ0) is 12.3. The number of carbonyl (C=O) groups excluding carboxylic acids is 1. The van der Waals surface area contributed by atoms with Crippen molar-refractivity contribution >= 4 is 11.9 Å². The molecular weight excluding hydrogens is 224 g/mol. The minimum absolute atomic E-state index is 0.00110. The Labute approximate surface area is 99.7 Å². The van der Waals surface area contributed by atoms with Gasteiger partial charge in [-0.25, -0.2) is 0 Å². The lowest BCUT2D eigenvalue weighted by Gasteiger charge is -2.42. The van der Waals surface area contributed by atoms with E-state index in [0.717, 1.165) is 25.8 Å². The van der Waals surface area contributed by atoms with Crippen molar-refractivity contribution in [1.29, 1.82) is 0 Å². The maximum atomic E-state index is 11.9. The first-order chi connectivity index (χ1) is 8.11. The van der Waals surface area contributed by atoms with Crippen molar-refractivity contribution in [2.45, 2.75) is 37.3 Å². The summed E-state index contributed by atoms with van der Waals surface area (Å²) in [6.07, 6.45) is 1.96. The van der Waals surface area contributed by atoms with E-state index >= 15 is 0 Å². The second kappa shape index (κ2) is 5.01. The summed E-state index contributed by atoms with van der Waals surface area (Å²) in [7, 11) is 0. The van der Waals surface area contributed by atoms with Gasteiger partial charge in [-0.3, -0.25) is 9.59 Å². The summed E-state index contributed by atoms with van der Waals surface area (Å²) in [6.45, 7) is 1.77. The van der Waals surface area contributed by atoms with Gasteiger partial charge in [-0.1, -0.05) is 0 Å². The van der Waals surface area contributed by atoms with E-state index in [-0.39, 0.29) is 12.3 Å². The number of hydrogen-bond acceptors (Lipinski definition) is 4. The van der Waals surface area contributed by atoms with Crippen LogP contribution in [0.4, 0.5) is 0 Å². The first kappa shape index (κ1) is 12.3. The standard InChI is InChI=1S/C11H18N2O4/c14-9(15)6-11(2-1-3-11)13-10(16)8-7-12-4-5-17-8/h8,12H,1-7H2,(H,13,16)(H,14,15). The van der Waals surface area contributed by atoms with E-state index in [2.05, 4.69) is 10.6 Å². The number of carboxylic acids is 1. The lowest BCUT2D eigenvalue weighted by molar-refractivity contribution is -0.143. The van der Waals surface area contributed by atoms with Gasteiger partial charge < -0.3 is 20.5 Å². The van der Waals surface area contributed by atoms with Crippen LogP contribution in [0.3, 0.4) is 0 Å². The van der Waals surface area contributed by atoms with Crippen molar-refractivity contribution in [1.82, 2.24) is 10.6 Å². The van der Waals surface area contributed by atoms with Gasteiger partial charge in [-0.2, -0.15) is 0 Å². The maximum absolute atomic E-state index is 11.9. The molecule has 0 spiro atoms. The molecule has 1 atom stereocenters. The van der Waals surface area contributed by atoms with Crippen LogP contribution in [0.15, 0.2) is 0 Å². The highest BCUT2D eigenvalue weighted by molar-refractivity contribution is 5.83. The fourth-order valence-electron chi connectivity index (χ4n) is 2.31. The largest absolute Gasteiger partial charge is 0.481 e. The van der Waals surface area contributed by atoms with Crippen molar-refractivity contribution < 1.29 is 19.4 Å². The molecule has 0 radical (unpaired) electrons. The van der Waals surface area contributed by atoms with Gasteiger partial charge in [-0.05, 0) is 19.3 Å². The molecular formula is C11H18N2O4. The molecule has 1 unspecified atom stereocenters. The van der Waals surface area contributed by atoms with Gasteiger partial charge in [-0.15, -0.1) is 0 Å². The lowest BCUT2D eigenvalue weighted by atomic mass is 9.74. The molecule has 17 heavy (non-hydrogen) atoms. The zero-order valence-corrected chi connectivity index (χ0v) is 9.70. The minimum atomic E-state index is -0.868. The molecule has 1 saturated carbocycles. The molecule has 1 aliphatic carbocycles. The summed E-state index contributed by atoms with van der Waals surface area (Å²) in [5.41, 5.74) is -0.538. The van der Waals surface area contributed by atoms with Crippen molar-refractivity contribution in [2.24, 2.45) is 0 Å². The van der Waals surface area contributed by atoms with E-state index in [4.69, 9.17) is 9.84 Å². The SMILES string of the molecule is O=C(O)CC1(NC(=O)C2CNCCO2)CCC1. The van der Waals surface area contributed by atoms with Crippen LogP contribution in [0.5, 0.6) is 0 Å². The lowest BCUT2D eigenvalue weighted by Crippen LogP contribution is -2.59. The third-order valence-electron chi connectivity index (χ3n) is 3.41. The van der Waals surface area contributed by atoms with E-state index in [1.165, 1.54) is 0 Å². The summed E-state index contributed by atoms with van der Waals surface area (Å²) in [5.74, 6) is -1.06. The number of carboxylic acid groups (broad SMARTS) is 1. The van der Waals surface area contributed by atoms with Crippen LogP contribution in [-0.2, 0) is 14.3 Å². The van der Waals surface area contributed by atoms with Gasteiger partial charge in [0.1, 0.15) is 6.10 Å². The minimum Gasteiger partial charge on any atom is -0.481 e. The van der Waals surface area contributed by atoms with Crippen LogP contribution in [-0.4, -0.2) is 48.3 Å². The van der Waals surface area contributed by atoms with Crippen LogP contribution in [0.2, 0.25) is 0 Å². The Morgan fingerprint density at radius 3 is 2.71 bits per heavy atom. The number of ether oxygens (including phenoxy) is 1. The highest BCUT2D eigenvalue weighted by atomic mass is 16.5. The molecule has 3 N–H and O–H groups in total. The third-order valence-corrected chi connectivity index (χ3v) is 3.41. The molecule has 2 rings (SSSR count). The van der Waals surface area contributed by atoms with E-state index in [1.807, 2.05) is 0 Å². The van der Waals surface area contributed by atoms with Gasteiger partial charge in [0.15, 0.2) is 0 Å². The normalized spacial score (nSPS) is 26.9. The van der Waals surface area contributed by atoms with E-state index in [1.54, 1.807) is 0 Å². The number of morpholine rings is 1. The Hall–Kier alpha value is -1.14. The Balaban J connectivity index is 1.89. The maximum Gasteiger partial charge on any atom is 0.305 e. The number of nitrogens with one attached hydrogen (secondary N) is 2. The molecule has 0 aromatic carbocycles. The summed E-state index contributed by atoms with van der Waals surface area (Å²) in [4.78, 5) is 22.7. The first-order valence-corrected chi connectivity index (χ1v) is 5.97. The van der Waals surface area contributed by atoms with Gasteiger partial charge >= 0.3 is 5.97 Å². The van der Waals surface area contributed by atoms with Gasteiger partial charge in [0.2, 0.25) is 0 Å².